The van der Waals surface area contributed by atoms with Crippen molar-refractivity contribution in [1.82, 2.24) is 10.2 Å². The van der Waals surface area contributed by atoms with Crippen LogP contribution >= 0.6 is 0 Å². The minimum absolute atomic E-state index is 0.274. The normalized spacial score (nSPS) is 13.0. The van der Waals surface area contributed by atoms with Gasteiger partial charge in [0.1, 0.15) is 0 Å². The van der Waals surface area contributed by atoms with Crippen molar-refractivity contribution < 1.29 is 14.4 Å². The van der Waals surface area contributed by atoms with Gasteiger partial charge in [-0.05, 0) is 43.1 Å². The maximum atomic E-state index is 12.6. The average molecular weight is 351 g/mol. The van der Waals surface area contributed by atoms with Gasteiger partial charge in [-0.1, -0.05) is 30.3 Å². The van der Waals surface area contributed by atoms with E-state index in [2.05, 4.69) is 5.32 Å². The fourth-order valence-corrected chi connectivity index (χ4v) is 2.93. The highest BCUT2D eigenvalue weighted by molar-refractivity contribution is 6.22. The fraction of sp³-hybridized carbons (Fsp3) is 0.250. The maximum absolute atomic E-state index is 12.6. The van der Waals surface area contributed by atoms with E-state index in [1.807, 2.05) is 30.3 Å². The largest absolute Gasteiger partial charge is 0.352 e. The first-order valence-electron chi connectivity index (χ1n) is 8.64. The first kappa shape index (κ1) is 17.8. The quantitative estimate of drug-likeness (QED) is 0.585. The zero-order valence-corrected chi connectivity index (χ0v) is 14.4. The SMILES string of the molecule is NCCCNC(=O)c1ccc2c(c1)C(=O)N(CCc1ccccc1)C2=O. The highest BCUT2D eigenvalue weighted by Crippen LogP contribution is 2.24. The van der Waals surface area contributed by atoms with Gasteiger partial charge in [-0.2, -0.15) is 0 Å². The molecule has 3 N–H and O–H groups in total. The molecule has 3 amide bonds. The topological polar surface area (TPSA) is 92.5 Å². The van der Waals surface area contributed by atoms with E-state index in [4.69, 9.17) is 5.73 Å². The number of benzene rings is 2. The van der Waals surface area contributed by atoms with Crippen molar-refractivity contribution in [1.29, 1.82) is 0 Å². The number of rotatable bonds is 7. The molecule has 134 valence electrons. The van der Waals surface area contributed by atoms with Gasteiger partial charge in [0.05, 0.1) is 11.1 Å². The molecule has 2 aromatic rings. The fourth-order valence-electron chi connectivity index (χ4n) is 2.93. The number of carbonyl (C=O) groups is 3. The minimum Gasteiger partial charge on any atom is -0.352 e. The van der Waals surface area contributed by atoms with Gasteiger partial charge in [0, 0.05) is 18.7 Å². The molecule has 0 fully saturated rings. The summed E-state index contributed by atoms with van der Waals surface area (Å²) in [5.41, 5.74) is 7.47. The van der Waals surface area contributed by atoms with Crippen molar-refractivity contribution in [2.45, 2.75) is 12.8 Å². The molecule has 0 aromatic heterocycles. The number of hydrogen-bond acceptors (Lipinski definition) is 4. The molecule has 26 heavy (non-hydrogen) atoms. The molecular weight excluding hydrogens is 330 g/mol. The lowest BCUT2D eigenvalue weighted by Crippen LogP contribution is -2.31. The van der Waals surface area contributed by atoms with Crippen molar-refractivity contribution in [3.8, 4) is 0 Å². The van der Waals surface area contributed by atoms with Crippen LogP contribution in [0.15, 0.2) is 48.5 Å². The van der Waals surface area contributed by atoms with Gasteiger partial charge in [0.25, 0.3) is 17.7 Å². The van der Waals surface area contributed by atoms with Gasteiger partial charge in [0.2, 0.25) is 0 Å². The van der Waals surface area contributed by atoms with E-state index < -0.39 is 0 Å². The Balaban J connectivity index is 1.72. The third kappa shape index (κ3) is 3.65. The van der Waals surface area contributed by atoms with Crippen molar-refractivity contribution in [2.24, 2.45) is 5.73 Å². The Morgan fingerprint density at radius 1 is 1.00 bits per heavy atom. The van der Waals surface area contributed by atoms with E-state index in [1.165, 1.54) is 11.0 Å². The number of fused-ring (bicyclic) bond motifs is 1. The van der Waals surface area contributed by atoms with E-state index >= 15 is 0 Å². The van der Waals surface area contributed by atoms with Crippen molar-refractivity contribution >= 4 is 17.7 Å². The van der Waals surface area contributed by atoms with Crippen molar-refractivity contribution in [3.05, 3.63) is 70.8 Å². The van der Waals surface area contributed by atoms with E-state index in [-0.39, 0.29) is 23.3 Å². The molecule has 6 heteroatoms. The molecule has 0 saturated carbocycles. The monoisotopic (exact) mass is 351 g/mol. The van der Waals surface area contributed by atoms with Gasteiger partial charge in [0.15, 0.2) is 0 Å². The molecule has 0 radical (unpaired) electrons. The predicted molar refractivity (Wildman–Crippen MR) is 98.0 cm³/mol. The summed E-state index contributed by atoms with van der Waals surface area (Å²) >= 11 is 0. The third-order valence-electron chi connectivity index (χ3n) is 4.37. The summed E-state index contributed by atoms with van der Waals surface area (Å²) in [6, 6.07) is 14.3. The number of nitrogens with two attached hydrogens (primary N) is 1. The highest BCUT2D eigenvalue weighted by Gasteiger charge is 2.35. The molecule has 0 unspecified atom stereocenters. The average Bonchev–Trinajstić information content (AvgIpc) is 2.91. The molecule has 0 saturated heterocycles. The van der Waals surface area contributed by atoms with Crippen LogP contribution in [0.1, 0.15) is 43.1 Å². The lowest BCUT2D eigenvalue weighted by molar-refractivity contribution is 0.0656. The molecule has 0 spiro atoms. The first-order valence-corrected chi connectivity index (χ1v) is 8.64. The Hall–Kier alpha value is -2.99. The molecule has 2 aromatic carbocycles. The standard InChI is InChI=1S/C20H21N3O3/c21-10-4-11-22-18(24)15-7-8-16-17(13-15)20(26)23(19(16)25)12-9-14-5-2-1-3-6-14/h1-3,5-8,13H,4,9-12,21H2,(H,22,24). The molecule has 1 aliphatic heterocycles. The second-order valence-electron chi connectivity index (χ2n) is 6.16. The molecule has 1 aliphatic rings. The minimum atomic E-state index is -0.350. The maximum Gasteiger partial charge on any atom is 0.261 e. The Morgan fingerprint density at radius 3 is 2.46 bits per heavy atom. The van der Waals surface area contributed by atoms with Crippen LogP contribution in [-0.4, -0.2) is 42.3 Å². The number of amides is 3. The molecule has 3 rings (SSSR count). The number of hydrogen-bond donors (Lipinski definition) is 2. The van der Waals surface area contributed by atoms with Crippen LogP contribution in [0.25, 0.3) is 0 Å². The van der Waals surface area contributed by atoms with Crippen LogP contribution < -0.4 is 11.1 Å². The van der Waals surface area contributed by atoms with E-state index in [0.717, 1.165) is 5.56 Å². The van der Waals surface area contributed by atoms with Crippen LogP contribution in [0.3, 0.4) is 0 Å². The highest BCUT2D eigenvalue weighted by atomic mass is 16.2. The summed E-state index contributed by atoms with van der Waals surface area (Å²) in [5.74, 6) is -0.933. The van der Waals surface area contributed by atoms with Crippen molar-refractivity contribution in [3.63, 3.8) is 0 Å². The Kier molecular flexibility index (Phi) is 5.43. The van der Waals surface area contributed by atoms with E-state index in [0.29, 0.717) is 43.6 Å². The zero-order chi connectivity index (χ0) is 18.5. The summed E-state index contributed by atoms with van der Waals surface area (Å²) in [5, 5.41) is 2.75. The summed E-state index contributed by atoms with van der Waals surface area (Å²) in [6.07, 6.45) is 1.28. The summed E-state index contributed by atoms with van der Waals surface area (Å²) in [7, 11) is 0. The lowest BCUT2D eigenvalue weighted by atomic mass is 10.1. The van der Waals surface area contributed by atoms with Gasteiger partial charge in [-0.3, -0.25) is 19.3 Å². The summed E-state index contributed by atoms with van der Waals surface area (Å²) in [6.45, 7) is 1.28. The number of nitrogens with one attached hydrogen (secondary N) is 1. The van der Waals surface area contributed by atoms with Gasteiger partial charge in [-0.15, -0.1) is 0 Å². The number of nitrogens with zero attached hydrogens (tertiary/aromatic N) is 1. The second-order valence-corrected chi connectivity index (χ2v) is 6.16. The molecule has 0 bridgehead atoms. The number of imide groups is 1. The van der Waals surface area contributed by atoms with Gasteiger partial charge < -0.3 is 11.1 Å². The Morgan fingerprint density at radius 2 is 1.73 bits per heavy atom. The van der Waals surface area contributed by atoms with E-state index in [1.54, 1.807) is 12.1 Å². The van der Waals surface area contributed by atoms with Crippen LogP contribution in [0.2, 0.25) is 0 Å². The zero-order valence-electron chi connectivity index (χ0n) is 14.4. The summed E-state index contributed by atoms with van der Waals surface area (Å²) in [4.78, 5) is 38.5. The molecule has 0 atom stereocenters. The van der Waals surface area contributed by atoms with Gasteiger partial charge >= 0.3 is 0 Å². The van der Waals surface area contributed by atoms with Crippen LogP contribution in [0.5, 0.6) is 0 Å². The van der Waals surface area contributed by atoms with Crippen LogP contribution in [0, 0.1) is 0 Å². The molecule has 0 aliphatic carbocycles. The summed E-state index contributed by atoms with van der Waals surface area (Å²) < 4.78 is 0. The number of carbonyl (C=O) groups excluding carboxylic acids is 3. The van der Waals surface area contributed by atoms with Crippen LogP contribution in [-0.2, 0) is 6.42 Å². The lowest BCUT2D eigenvalue weighted by Gasteiger charge is -2.13. The molecule has 6 nitrogen and oxygen atoms in total. The van der Waals surface area contributed by atoms with E-state index in [9.17, 15) is 14.4 Å². The molecule has 1 heterocycles. The van der Waals surface area contributed by atoms with Gasteiger partial charge in [-0.25, -0.2) is 0 Å². The smallest absolute Gasteiger partial charge is 0.261 e. The predicted octanol–water partition coefficient (Wildman–Crippen LogP) is 1.60. The Labute approximate surface area is 152 Å². The first-order chi connectivity index (χ1) is 12.6. The third-order valence-corrected chi connectivity index (χ3v) is 4.37. The second kappa shape index (κ2) is 7.93. The van der Waals surface area contributed by atoms with Crippen LogP contribution in [0.4, 0.5) is 0 Å². The van der Waals surface area contributed by atoms with Crippen molar-refractivity contribution in [2.75, 3.05) is 19.6 Å². The Bertz CT molecular complexity index is 833. The molecular formula is C20H21N3O3.